The summed E-state index contributed by atoms with van der Waals surface area (Å²) in [6.45, 7) is 1.87. The van der Waals surface area contributed by atoms with E-state index in [1.807, 2.05) is 12.3 Å². The molecule has 1 unspecified atom stereocenters. The number of hydrogen-bond acceptors (Lipinski definition) is 3. The van der Waals surface area contributed by atoms with Gasteiger partial charge in [-0.05, 0) is 25.5 Å². The summed E-state index contributed by atoms with van der Waals surface area (Å²) in [7, 11) is 0. The van der Waals surface area contributed by atoms with Crippen LogP contribution in [0.3, 0.4) is 0 Å². The SMILES string of the molecule is Cc1nc(C(N)Cc2c(F)cccc2F)cs1. The van der Waals surface area contributed by atoms with E-state index in [0.717, 1.165) is 5.01 Å². The average molecular weight is 254 g/mol. The van der Waals surface area contributed by atoms with E-state index in [9.17, 15) is 8.78 Å². The molecule has 0 saturated carbocycles. The van der Waals surface area contributed by atoms with Crippen molar-refractivity contribution in [1.82, 2.24) is 4.98 Å². The van der Waals surface area contributed by atoms with Crippen molar-refractivity contribution >= 4 is 11.3 Å². The van der Waals surface area contributed by atoms with Crippen LogP contribution in [0.5, 0.6) is 0 Å². The van der Waals surface area contributed by atoms with E-state index in [2.05, 4.69) is 4.98 Å². The molecule has 5 heteroatoms. The summed E-state index contributed by atoms with van der Waals surface area (Å²) < 4.78 is 26.8. The molecule has 17 heavy (non-hydrogen) atoms. The van der Waals surface area contributed by atoms with Crippen LogP contribution in [0.25, 0.3) is 0 Å². The van der Waals surface area contributed by atoms with Gasteiger partial charge in [-0.15, -0.1) is 11.3 Å². The minimum atomic E-state index is -0.563. The molecule has 90 valence electrons. The zero-order chi connectivity index (χ0) is 12.4. The number of aromatic nitrogens is 1. The Morgan fingerprint density at radius 3 is 2.53 bits per heavy atom. The highest BCUT2D eigenvalue weighted by Gasteiger charge is 2.15. The number of nitrogens with zero attached hydrogens (tertiary/aromatic N) is 1. The predicted octanol–water partition coefficient (Wildman–Crippen LogP) is 2.97. The van der Waals surface area contributed by atoms with Crippen molar-refractivity contribution in [2.24, 2.45) is 5.73 Å². The van der Waals surface area contributed by atoms with E-state index in [-0.39, 0.29) is 12.0 Å². The lowest BCUT2D eigenvalue weighted by Gasteiger charge is -2.10. The van der Waals surface area contributed by atoms with Crippen LogP contribution < -0.4 is 5.73 Å². The second-order valence-corrected chi connectivity index (χ2v) is 4.86. The maximum absolute atomic E-state index is 13.4. The molecule has 0 saturated heterocycles. The van der Waals surface area contributed by atoms with Crippen molar-refractivity contribution in [2.45, 2.75) is 19.4 Å². The molecule has 0 radical (unpaired) electrons. The molecule has 0 aliphatic carbocycles. The Morgan fingerprint density at radius 2 is 2.00 bits per heavy atom. The lowest BCUT2D eigenvalue weighted by atomic mass is 10.0. The van der Waals surface area contributed by atoms with Gasteiger partial charge in [0.15, 0.2) is 0 Å². The van der Waals surface area contributed by atoms with Crippen molar-refractivity contribution in [1.29, 1.82) is 0 Å². The van der Waals surface area contributed by atoms with Gasteiger partial charge in [0, 0.05) is 10.9 Å². The molecular formula is C12H12F2N2S. The zero-order valence-electron chi connectivity index (χ0n) is 9.28. The second kappa shape index (κ2) is 4.89. The lowest BCUT2D eigenvalue weighted by molar-refractivity contribution is 0.538. The van der Waals surface area contributed by atoms with Gasteiger partial charge in [0.1, 0.15) is 11.6 Å². The standard InChI is InChI=1S/C12H12F2N2S/c1-7-16-12(6-17-7)11(15)5-8-9(13)3-2-4-10(8)14/h2-4,6,11H,5,15H2,1H3. The van der Waals surface area contributed by atoms with Crippen LogP contribution in [0.1, 0.15) is 22.3 Å². The molecular weight excluding hydrogens is 242 g/mol. The Balaban J connectivity index is 2.21. The number of nitrogens with two attached hydrogens (primary N) is 1. The molecule has 2 N–H and O–H groups in total. The lowest BCUT2D eigenvalue weighted by Crippen LogP contribution is -2.15. The second-order valence-electron chi connectivity index (χ2n) is 3.80. The van der Waals surface area contributed by atoms with Crippen molar-refractivity contribution in [3.8, 4) is 0 Å². The fourth-order valence-electron chi connectivity index (χ4n) is 1.60. The van der Waals surface area contributed by atoms with Gasteiger partial charge in [0.25, 0.3) is 0 Å². The highest BCUT2D eigenvalue weighted by atomic mass is 32.1. The van der Waals surface area contributed by atoms with E-state index in [0.29, 0.717) is 5.69 Å². The number of aryl methyl sites for hydroxylation is 1. The van der Waals surface area contributed by atoms with Gasteiger partial charge in [0.05, 0.1) is 16.7 Å². The number of benzene rings is 1. The van der Waals surface area contributed by atoms with Crippen molar-refractivity contribution in [2.75, 3.05) is 0 Å². The van der Waals surface area contributed by atoms with Crippen LogP contribution in [0.4, 0.5) is 8.78 Å². The zero-order valence-corrected chi connectivity index (χ0v) is 10.1. The van der Waals surface area contributed by atoms with Crippen LogP contribution in [0.2, 0.25) is 0 Å². The van der Waals surface area contributed by atoms with Gasteiger partial charge in [0.2, 0.25) is 0 Å². The van der Waals surface area contributed by atoms with Crippen LogP contribution in [0, 0.1) is 18.6 Å². The highest BCUT2D eigenvalue weighted by Crippen LogP contribution is 2.21. The molecule has 0 bridgehead atoms. The van der Waals surface area contributed by atoms with Gasteiger partial charge in [-0.1, -0.05) is 6.07 Å². The molecule has 2 rings (SSSR count). The maximum atomic E-state index is 13.4. The Morgan fingerprint density at radius 1 is 1.35 bits per heavy atom. The van der Waals surface area contributed by atoms with Crippen LogP contribution in [-0.2, 0) is 6.42 Å². The van der Waals surface area contributed by atoms with Gasteiger partial charge >= 0.3 is 0 Å². The largest absolute Gasteiger partial charge is 0.322 e. The van der Waals surface area contributed by atoms with E-state index in [1.165, 1.54) is 29.5 Å². The topological polar surface area (TPSA) is 38.9 Å². The predicted molar refractivity (Wildman–Crippen MR) is 63.8 cm³/mol. The third-order valence-electron chi connectivity index (χ3n) is 2.50. The van der Waals surface area contributed by atoms with E-state index < -0.39 is 17.7 Å². The number of halogens is 2. The third-order valence-corrected chi connectivity index (χ3v) is 3.29. The molecule has 2 nitrogen and oxygen atoms in total. The normalized spacial score (nSPS) is 12.7. The summed E-state index contributed by atoms with van der Waals surface area (Å²) in [5.74, 6) is -1.13. The summed E-state index contributed by atoms with van der Waals surface area (Å²) in [5.41, 5.74) is 6.58. The Hall–Kier alpha value is -1.33. The van der Waals surface area contributed by atoms with Gasteiger partial charge < -0.3 is 5.73 Å². The van der Waals surface area contributed by atoms with E-state index in [4.69, 9.17) is 5.73 Å². The summed E-state index contributed by atoms with van der Waals surface area (Å²) in [6, 6.07) is 3.33. The Bertz CT molecular complexity index is 505. The van der Waals surface area contributed by atoms with E-state index >= 15 is 0 Å². The monoisotopic (exact) mass is 254 g/mol. The Labute approximate surface area is 102 Å². The first-order chi connectivity index (χ1) is 8.08. The molecule has 0 fully saturated rings. The molecule has 1 aromatic heterocycles. The third kappa shape index (κ3) is 2.68. The smallest absolute Gasteiger partial charge is 0.129 e. The van der Waals surface area contributed by atoms with Crippen molar-refractivity contribution < 1.29 is 8.78 Å². The van der Waals surface area contributed by atoms with Gasteiger partial charge in [-0.25, -0.2) is 13.8 Å². The van der Waals surface area contributed by atoms with Crippen LogP contribution in [-0.4, -0.2) is 4.98 Å². The first-order valence-corrected chi connectivity index (χ1v) is 6.06. The number of thiazole rings is 1. The fourth-order valence-corrected chi connectivity index (χ4v) is 2.28. The Kier molecular flexibility index (Phi) is 3.49. The number of rotatable bonds is 3. The van der Waals surface area contributed by atoms with Gasteiger partial charge in [-0.2, -0.15) is 0 Å². The molecule has 0 aliphatic heterocycles. The minimum Gasteiger partial charge on any atom is -0.322 e. The van der Waals surface area contributed by atoms with Crippen molar-refractivity contribution in [3.63, 3.8) is 0 Å². The quantitative estimate of drug-likeness (QED) is 0.914. The van der Waals surface area contributed by atoms with Crippen molar-refractivity contribution in [3.05, 3.63) is 51.5 Å². The molecule has 0 spiro atoms. The molecule has 2 aromatic rings. The summed E-state index contributed by atoms with van der Waals surface area (Å²) in [4.78, 5) is 4.21. The first-order valence-electron chi connectivity index (χ1n) is 5.18. The van der Waals surface area contributed by atoms with Crippen LogP contribution in [0.15, 0.2) is 23.6 Å². The summed E-state index contributed by atoms with van der Waals surface area (Å²) in [6.07, 6.45) is 0.113. The van der Waals surface area contributed by atoms with Gasteiger partial charge in [-0.3, -0.25) is 0 Å². The maximum Gasteiger partial charge on any atom is 0.129 e. The highest BCUT2D eigenvalue weighted by molar-refractivity contribution is 7.09. The number of hydrogen-bond donors (Lipinski definition) is 1. The molecule has 1 heterocycles. The first kappa shape index (κ1) is 12.1. The molecule has 0 aliphatic rings. The summed E-state index contributed by atoms with van der Waals surface area (Å²) >= 11 is 1.47. The molecule has 0 amide bonds. The molecule has 1 atom stereocenters. The van der Waals surface area contributed by atoms with E-state index in [1.54, 1.807) is 0 Å². The van der Waals surface area contributed by atoms with Crippen LogP contribution >= 0.6 is 11.3 Å². The summed E-state index contributed by atoms with van der Waals surface area (Å²) in [5, 5.41) is 2.71. The molecule has 1 aromatic carbocycles. The average Bonchev–Trinajstić information content (AvgIpc) is 2.70. The minimum absolute atomic E-state index is 0.0191. The fraction of sp³-hybridized carbons (Fsp3) is 0.250.